The molecule has 1 fully saturated rings. The molecule has 0 saturated carbocycles. The number of rotatable bonds is 5. The van der Waals surface area contributed by atoms with E-state index in [9.17, 15) is 4.79 Å². The Morgan fingerprint density at radius 1 is 1.57 bits per heavy atom. The summed E-state index contributed by atoms with van der Waals surface area (Å²) in [4.78, 5) is 23.7. The molecule has 1 aromatic heterocycles. The van der Waals surface area contributed by atoms with Gasteiger partial charge in [0.15, 0.2) is 0 Å². The van der Waals surface area contributed by atoms with Crippen LogP contribution in [-0.4, -0.2) is 71.7 Å². The van der Waals surface area contributed by atoms with Crippen LogP contribution in [-0.2, 0) is 4.74 Å². The van der Waals surface area contributed by atoms with Gasteiger partial charge in [-0.1, -0.05) is 0 Å². The van der Waals surface area contributed by atoms with Crippen molar-refractivity contribution >= 4 is 6.03 Å². The Hall–Kier alpha value is -1.60. The number of H-pyrrole nitrogens is 1. The maximum atomic E-state index is 12.2. The van der Waals surface area contributed by atoms with Gasteiger partial charge in [-0.2, -0.15) is 0 Å². The number of aromatic amines is 1. The molecule has 1 atom stereocenters. The fourth-order valence-corrected chi connectivity index (χ4v) is 2.38. The van der Waals surface area contributed by atoms with Gasteiger partial charge in [0, 0.05) is 38.6 Å². The highest BCUT2D eigenvalue weighted by molar-refractivity contribution is 5.74. The van der Waals surface area contributed by atoms with Crippen molar-refractivity contribution in [1.29, 1.82) is 0 Å². The third-order valence-electron chi connectivity index (χ3n) is 3.60. The molecular formula is C14H25N5O2. The largest absolute Gasteiger partial charge is 0.377 e. The fourth-order valence-electron chi connectivity index (χ4n) is 2.38. The number of nitrogens with one attached hydrogen (secondary N) is 2. The molecule has 1 saturated heterocycles. The second-order valence-corrected chi connectivity index (χ2v) is 5.57. The molecule has 7 heteroatoms. The van der Waals surface area contributed by atoms with Crippen LogP contribution in [0.1, 0.15) is 25.7 Å². The minimum Gasteiger partial charge on any atom is -0.377 e. The number of imidazole rings is 1. The number of piperazine rings is 1. The van der Waals surface area contributed by atoms with E-state index in [1.807, 2.05) is 24.9 Å². The van der Waals surface area contributed by atoms with Gasteiger partial charge in [-0.05, 0) is 20.9 Å². The molecule has 118 valence electrons. The third kappa shape index (κ3) is 4.44. The standard InChI is InChI=1S/C14H25N5O2/c1-11(2)21-9-6-17-14(20)19-8-7-18(3)12(10-19)13-15-4-5-16-13/h4-5,11-12H,6-10H2,1-3H3,(H,15,16)(H,17,20)/t12-/m1/s1. The summed E-state index contributed by atoms with van der Waals surface area (Å²) in [7, 11) is 2.05. The third-order valence-corrected chi connectivity index (χ3v) is 3.60. The number of ether oxygens (including phenoxy) is 1. The van der Waals surface area contributed by atoms with Gasteiger partial charge in [0.1, 0.15) is 5.82 Å². The van der Waals surface area contributed by atoms with E-state index in [0.29, 0.717) is 19.7 Å². The minimum absolute atomic E-state index is 0.0352. The normalized spacial score (nSPS) is 20.0. The summed E-state index contributed by atoms with van der Waals surface area (Å²) in [5, 5.41) is 2.90. The molecule has 1 aliphatic heterocycles. The molecule has 1 aromatic rings. The van der Waals surface area contributed by atoms with E-state index >= 15 is 0 Å². The second kappa shape index (κ2) is 7.42. The van der Waals surface area contributed by atoms with Crippen LogP contribution in [0.5, 0.6) is 0 Å². The Balaban J connectivity index is 1.82. The Morgan fingerprint density at radius 2 is 2.38 bits per heavy atom. The molecule has 0 aromatic carbocycles. The van der Waals surface area contributed by atoms with Crippen molar-refractivity contribution in [2.24, 2.45) is 0 Å². The fraction of sp³-hybridized carbons (Fsp3) is 0.714. The average Bonchev–Trinajstić information content (AvgIpc) is 2.97. The second-order valence-electron chi connectivity index (χ2n) is 5.57. The number of urea groups is 1. The first-order valence-corrected chi connectivity index (χ1v) is 7.42. The summed E-state index contributed by atoms with van der Waals surface area (Å²) in [5.41, 5.74) is 0. The zero-order valence-corrected chi connectivity index (χ0v) is 13.0. The van der Waals surface area contributed by atoms with E-state index in [-0.39, 0.29) is 18.2 Å². The van der Waals surface area contributed by atoms with Crippen molar-refractivity contribution in [1.82, 2.24) is 25.1 Å². The van der Waals surface area contributed by atoms with Crippen molar-refractivity contribution < 1.29 is 9.53 Å². The van der Waals surface area contributed by atoms with Crippen LogP contribution in [0.15, 0.2) is 12.4 Å². The van der Waals surface area contributed by atoms with Crippen molar-refractivity contribution in [3.63, 3.8) is 0 Å². The number of amides is 2. The Labute approximate surface area is 125 Å². The molecule has 2 N–H and O–H groups in total. The molecule has 1 aliphatic rings. The predicted molar refractivity (Wildman–Crippen MR) is 80.0 cm³/mol. The molecule has 21 heavy (non-hydrogen) atoms. The zero-order valence-electron chi connectivity index (χ0n) is 13.0. The van der Waals surface area contributed by atoms with Gasteiger partial charge in [0.25, 0.3) is 0 Å². The maximum absolute atomic E-state index is 12.2. The molecular weight excluding hydrogens is 270 g/mol. The number of carbonyl (C=O) groups is 1. The highest BCUT2D eigenvalue weighted by atomic mass is 16.5. The van der Waals surface area contributed by atoms with E-state index < -0.39 is 0 Å². The van der Waals surface area contributed by atoms with Crippen LogP contribution in [0.3, 0.4) is 0 Å². The molecule has 0 aliphatic carbocycles. The van der Waals surface area contributed by atoms with Crippen LogP contribution >= 0.6 is 0 Å². The molecule has 0 radical (unpaired) electrons. The van der Waals surface area contributed by atoms with Crippen LogP contribution in [0.2, 0.25) is 0 Å². The Kier molecular flexibility index (Phi) is 5.58. The van der Waals surface area contributed by atoms with Gasteiger partial charge in [-0.3, -0.25) is 4.90 Å². The summed E-state index contributed by atoms with van der Waals surface area (Å²) in [6.45, 7) is 7.24. The van der Waals surface area contributed by atoms with E-state index in [2.05, 4.69) is 27.2 Å². The summed E-state index contributed by atoms with van der Waals surface area (Å²) >= 11 is 0. The lowest BCUT2D eigenvalue weighted by Crippen LogP contribution is -2.52. The quantitative estimate of drug-likeness (QED) is 0.789. The van der Waals surface area contributed by atoms with Gasteiger partial charge >= 0.3 is 6.03 Å². The van der Waals surface area contributed by atoms with Crippen LogP contribution in [0.4, 0.5) is 4.79 Å². The summed E-state index contributed by atoms with van der Waals surface area (Å²) in [6, 6.07) is 0.0819. The summed E-state index contributed by atoms with van der Waals surface area (Å²) in [5.74, 6) is 0.901. The minimum atomic E-state index is -0.0352. The van der Waals surface area contributed by atoms with Gasteiger partial charge in [-0.15, -0.1) is 0 Å². The number of aromatic nitrogens is 2. The van der Waals surface area contributed by atoms with E-state index in [0.717, 1.165) is 18.9 Å². The SMILES string of the molecule is CC(C)OCCNC(=O)N1CCN(C)[C@@H](c2ncc[nH]2)C1. The molecule has 2 heterocycles. The number of nitrogens with zero attached hydrogens (tertiary/aromatic N) is 3. The van der Waals surface area contributed by atoms with Crippen molar-refractivity contribution in [2.75, 3.05) is 39.8 Å². The van der Waals surface area contributed by atoms with Gasteiger partial charge in [-0.25, -0.2) is 9.78 Å². The van der Waals surface area contributed by atoms with Crippen molar-refractivity contribution in [3.05, 3.63) is 18.2 Å². The molecule has 7 nitrogen and oxygen atoms in total. The van der Waals surface area contributed by atoms with Gasteiger partial charge in [0.2, 0.25) is 0 Å². The van der Waals surface area contributed by atoms with Crippen LogP contribution < -0.4 is 5.32 Å². The number of carbonyl (C=O) groups excluding carboxylic acids is 1. The lowest BCUT2D eigenvalue weighted by Gasteiger charge is -2.38. The maximum Gasteiger partial charge on any atom is 0.317 e. The van der Waals surface area contributed by atoms with Gasteiger partial charge < -0.3 is 19.9 Å². The topological polar surface area (TPSA) is 73.5 Å². The average molecular weight is 295 g/mol. The molecule has 2 amide bonds. The van der Waals surface area contributed by atoms with E-state index in [1.165, 1.54) is 0 Å². The number of hydrogen-bond donors (Lipinski definition) is 2. The predicted octanol–water partition coefficient (Wildman–Crippen LogP) is 0.833. The van der Waals surface area contributed by atoms with Crippen molar-refractivity contribution in [3.8, 4) is 0 Å². The van der Waals surface area contributed by atoms with E-state index in [4.69, 9.17) is 4.74 Å². The lowest BCUT2D eigenvalue weighted by atomic mass is 10.1. The van der Waals surface area contributed by atoms with Crippen LogP contribution in [0, 0.1) is 0 Å². The Morgan fingerprint density at radius 3 is 3.05 bits per heavy atom. The van der Waals surface area contributed by atoms with Gasteiger partial charge in [0.05, 0.1) is 18.8 Å². The molecule has 0 unspecified atom stereocenters. The first kappa shape index (κ1) is 15.8. The number of hydrogen-bond acceptors (Lipinski definition) is 4. The highest BCUT2D eigenvalue weighted by Gasteiger charge is 2.29. The first-order chi connectivity index (χ1) is 10.1. The summed E-state index contributed by atoms with van der Waals surface area (Å²) < 4.78 is 5.42. The van der Waals surface area contributed by atoms with Crippen LogP contribution in [0.25, 0.3) is 0 Å². The first-order valence-electron chi connectivity index (χ1n) is 7.42. The Bertz CT molecular complexity index is 435. The molecule has 0 spiro atoms. The lowest BCUT2D eigenvalue weighted by molar-refractivity contribution is 0.0773. The monoisotopic (exact) mass is 295 g/mol. The molecule has 2 rings (SSSR count). The zero-order chi connectivity index (χ0) is 15.2. The summed E-state index contributed by atoms with van der Waals surface area (Å²) in [6.07, 6.45) is 3.74. The van der Waals surface area contributed by atoms with Crippen molar-refractivity contribution in [2.45, 2.75) is 26.0 Å². The smallest absolute Gasteiger partial charge is 0.317 e. The number of likely N-dealkylation sites (N-methyl/N-ethyl adjacent to an activating group) is 1. The highest BCUT2D eigenvalue weighted by Crippen LogP contribution is 2.20. The van der Waals surface area contributed by atoms with E-state index in [1.54, 1.807) is 6.20 Å². The molecule has 0 bridgehead atoms.